The molecule has 6 heteroatoms. The van der Waals surface area contributed by atoms with E-state index in [1.807, 2.05) is 0 Å². The van der Waals surface area contributed by atoms with E-state index in [9.17, 15) is 8.42 Å². The number of hydrogen-bond donors (Lipinski definition) is 0. The van der Waals surface area contributed by atoms with Crippen LogP contribution in [0.1, 0.15) is 0 Å². The summed E-state index contributed by atoms with van der Waals surface area (Å²) in [6.45, 7) is 0. The molecule has 0 atom stereocenters. The lowest BCUT2D eigenvalue weighted by atomic mass is 10.3. The lowest BCUT2D eigenvalue weighted by Crippen LogP contribution is -1.97. The van der Waals surface area contributed by atoms with Crippen LogP contribution < -0.4 is 0 Å². The molecule has 0 fully saturated rings. The first-order valence-corrected chi connectivity index (χ1v) is 7.17. The second-order valence-corrected chi connectivity index (χ2v) is 5.84. The minimum absolute atomic E-state index is 0.112. The van der Waals surface area contributed by atoms with Crippen LogP contribution in [0.25, 0.3) is 4.72 Å². The molecule has 94 valence electrons. The van der Waals surface area contributed by atoms with Gasteiger partial charge in [-0.25, -0.2) is 8.42 Å². The molecule has 0 heterocycles. The van der Waals surface area contributed by atoms with Crippen molar-refractivity contribution < 1.29 is 8.42 Å². The van der Waals surface area contributed by atoms with Crippen LogP contribution in [0.2, 0.25) is 10.0 Å². The summed E-state index contributed by atoms with van der Waals surface area (Å²) in [5.41, 5.74) is 0.132. The summed E-state index contributed by atoms with van der Waals surface area (Å²) in [5.74, 6) is 0. The highest BCUT2D eigenvalue weighted by Gasteiger charge is 2.05. The zero-order valence-electron chi connectivity index (χ0n) is 9.05. The van der Waals surface area contributed by atoms with Crippen molar-refractivity contribution in [1.29, 1.82) is 0 Å². The van der Waals surface area contributed by atoms with Crippen molar-refractivity contribution in [2.24, 2.45) is 0 Å². The Morgan fingerprint density at radius 3 is 2.22 bits per heavy atom. The van der Waals surface area contributed by atoms with Gasteiger partial charge >= 0.3 is 0 Å². The Hall–Kier alpha value is -1.23. The number of hydrogen-bond acceptors (Lipinski definition) is 2. The highest BCUT2D eigenvalue weighted by molar-refractivity contribution is 7.94. The minimum Gasteiger partial charge on any atom is -0.571 e. The first-order chi connectivity index (χ1) is 8.50. The first kappa shape index (κ1) is 13.2. The van der Waals surface area contributed by atoms with E-state index in [-0.39, 0.29) is 20.6 Å². The van der Waals surface area contributed by atoms with Gasteiger partial charge in [0.05, 0.1) is 9.92 Å². The molecule has 0 aliphatic carbocycles. The van der Waals surface area contributed by atoms with Crippen molar-refractivity contribution in [2.45, 2.75) is 4.90 Å². The quantitative estimate of drug-likeness (QED) is 0.844. The molecule has 3 nitrogen and oxygen atoms in total. The van der Waals surface area contributed by atoms with Crippen LogP contribution in [-0.2, 0) is 10.0 Å². The largest absolute Gasteiger partial charge is 0.571 e. The van der Waals surface area contributed by atoms with Gasteiger partial charge in [-0.15, -0.1) is 5.69 Å². The van der Waals surface area contributed by atoms with Gasteiger partial charge in [0.15, 0.2) is 0 Å². The topological polar surface area (TPSA) is 48.2 Å². The monoisotopic (exact) mass is 300 g/mol. The van der Waals surface area contributed by atoms with Crippen LogP contribution in [0.5, 0.6) is 0 Å². The molecule has 0 N–H and O–H groups in total. The number of halogens is 2. The number of nitrogens with zero attached hydrogens (tertiary/aromatic N) is 1. The van der Waals surface area contributed by atoms with Crippen molar-refractivity contribution in [3.05, 3.63) is 63.3 Å². The molecule has 0 amide bonds. The van der Waals surface area contributed by atoms with Crippen LogP contribution in [0.15, 0.2) is 53.4 Å². The molecule has 0 radical (unpaired) electrons. The predicted molar refractivity (Wildman–Crippen MR) is 73.1 cm³/mol. The van der Waals surface area contributed by atoms with Crippen LogP contribution in [0, 0.1) is 0 Å². The Morgan fingerprint density at radius 2 is 1.56 bits per heavy atom. The molecule has 0 spiro atoms. The Labute approximate surface area is 115 Å². The zero-order chi connectivity index (χ0) is 13.2. The Bertz CT molecular complexity index is 657. The van der Waals surface area contributed by atoms with Gasteiger partial charge in [0.25, 0.3) is 0 Å². The summed E-state index contributed by atoms with van der Waals surface area (Å²) in [7, 11) is -3.77. The molecule has 0 aliphatic heterocycles. The summed E-state index contributed by atoms with van der Waals surface area (Å²) in [6, 6.07) is 12.6. The summed E-state index contributed by atoms with van der Waals surface area (Å²) in [6.07, 6.45) is 0. The number of benzene rings is 2. The minimum atomic E-state index is -3.77. The fourth-order valence-corrected chi connectivity index (χ4v) is 2.74. The lowest BCUT2D eigenvalue weighted by molar-refractivity contribution is 0.603. The van der Waals surface area contributed by atoms with Crippen LogP contribution >= 0.6 is 23.2 Å². The smallest absolute Gasteiger partial charge is 0.123 e. The highest BCUT2D eigenvalue weighted by Crippen LogP contribution is 2.37. The second kappa shape index (κ2) is 5.18. The van der Waals surface area contributed by atoms with Crippen LogP contribution in [0.4, 0.5) is 5.69 Å². The van der Waals surface area contributed by atoms with Gasteiger partial charge in [0.2, 0.25) is 0 Å². The van der Waals surface area contributed by atoms with Crippen molar-refractivity contribution in [2.75, 3.05) is 0 Å². The van der Waals surface area contributed by atoms with Crippen molar-refractivity contribution in [3.63, 3.8) is 0 Å². The van der Waals surface area contributed by atoms with E-state index in [4.69, 9.17) is 23.2 Å². The molecule has 0 aliphatic rings. The van der Waals surface area contributed by atoms with Gasteiger partial charge in [-0.2, -0.15) is 0 Å². The molecule has 0 saturated heterocycles. The van der Waals surface area contributed by atoms with Gasteiger partial charge in [-0.05, 0) is 18.2 Å². The molecule has 18 heavy (non-hydrogen) atoms. The fourth-order valence-electron chi connectivity index (χ4n) is 1.34. The average molecular weight is 301 g/mol. The highest BCUT2D eigenvalue weighted by atomic mass is 35.5. The van der Waals surface area contributed by atoms with Crippen LogP contribution in [-0.4, -0.2) is 8.42 Å². The molecular formula is C12H8Cl2NO2S-. The van der Waals surface area contributed by atoms with Crippen molar-refractivity contribution >= 4 is 38.9 Å². The van der Waals surface area contributed by atoms with E-state index in [1.54, 1.807) is 30.3 Å². The van der Waals surface area contributed by atoms with E-state index >= 15 is 0 Å². The van der Waals surface area contributed by atoms with E-state index in [2.05, 4.69) is 4.72 Å². The molecule has 2 rings (SSSR count). The fraction of sp³-hybridized carbons (Fsp3) is 0. The molecule has 0 aromatic heterocycles. The van der Waals surface area contributed by atoms with E-state index in [1.165, 1.54) is 18.2 Å². The maximum Gasteiger partial charge on any atom is 0.123 e. The van der Waals surface area contributed by atoms with Gasteiger partial charge in [-0.3, -0.25) is 0 Å². The summed E-state index contributed by atoms with van der Waals surface area (Å²) >= 11 is 11.7. The maximum absolute atomic E-state index is 12.0. The Kier molecular flexibility index (Phi) is 3.80. The Morgan fingerprint density at radius 1 is 0.889 bits per heavy atom. The molecule has 0 saturated carbocycles. The number of sulfonamides is 1. The van der Waals surface area contributed by atoms with Gasteiger partial charge in [0.1, 0.15) is 10.0 Å². The normalized spacial score (nSPS) is 11.2. The molecule has 0 bridgehead atoms. The summed E-state index contributed by atoms with van der Waals surface area (Å²) < 4.78 is 27.7. The standard InChI is InChI=1S/C12H8Cl2NO2S/c13-10-7-4-8-11(12(10)14)15-18(16,17)9-5-2-1-3-6-9/h1-8H/q-1. The maximum atomic E-state index is 12.0. The Balaban J connectivity index is 2.37. The van der Waals surface area contributed by atoms with E-state index in [0.717, 1.165) is 0 Å². The summed E-state index contributed by atoms with van der Waals surface area (Å²) in [4.78, 5) is 0.112. The molecular weight excluding hydrogens is 293 g/mol. The summed E-state index contributed by atoms with van der Waals surface area (Å²) in [5, 5.41) is 0.389. The lowest BCUT2D eigenvalue weighted by Gasteiger charge is -2.23. The molecule has 0 unspecified atom stereocenters. The SMILES string of the molecule is O=S(=O)([N-]c1cccc(Cl)c1Cl)c1ccccc1. The van der Waals surface area contributed by atoms with Gasteiger partial charge in [0, 0.05) is 5.02 Å². The third-order valence-electron chi connectivity index (χ3n) is 2.19. The third kappa shape index (κ3) is 2.77. The third-order valence-corrected chi connectivity index (χ3v) is 4.30. The van der Waals surface area contributed by atoms with Gasteiger partial charge < -0.3 is 4.72 Å². The average Bonchev–Trinajstić information content (AvgIpc) is 2.36. The van der Waals surface area contributed by atoms with Crippen molar-refractivity contribution in [1.82, 2.24) is 0 Å². The van der Waals surface area contributed by atoms with Crippen molar-refractivity contribution in [3.8, 4) is 0 Å². The van der Waals surface area contributed by atoms with E-state index < -0.39 is 10.0 Å². The molecule has 2 aromatic rings. The first-order valence-electron chi connectivity index (χ1n) is 4.98. The van der Waals surface area contributed by atoms with E-state index in [0.29, 0.717) is 0 Å². The predicted octanol–water partition coefficient (Wildman–Crippen LogP) is 4.39. The zero-order valence-corrected chi connectivity index (χ0v) is 11.4. The van der Waals surface area contributed by atoms with Gasteiger partial charge in [-0.1, -0.05) is 53.5 Å². The molecule has 2 aromatic carbocycles. The second-order valence-electron chi connectivity index (χ2n) is 3.45. The van der Waals surface area contributed by atoms with Crippen LogP contribution in [0.3, 0.4) is 0 Å². The number of rotatable bonds is 3.